The standard InChI is InChI=1S/C18H17NO7/c1-22-14-10-3-6-25-15(10)17(23-2)16-12(14)13(11(9-20)18(21)26-16)19-4-7-24-8-5-19/h3,6,9H,4-5,7-8H2,1-2H3. The highest BCUT2D eigenvalue weighted by Gasteiger charge is 2.29. The Hall–Kier alpha value is -3.00. The van der Waals surface area contributed by atoms with Crippen LogP contribution in [0, 0.1) is 0 Å². The van der Waals surface area contributed by atoms with Crippen molar-refractivity contribution in [3.63, 3.8) is 0 Å². The number of ether oxygens (including phenoxy) is 3. The molecule has 0 saturated carbocycles. The van der Waals surface area contributed by atoms with Gasteiger partial charge in [0.2, 0.25) is 5.75 Å². The van der Waals surface area contributed by atoms with Crippen LogP contribution in [0.15, 0.2) is 26.0 Å². The fourth-order valence-corrected chi connectivity index (χ4v) is 3.43. The molecule has 1 saturated heterocycles. The van der Waals surface area contributed by atoms with E-state index >= 15 is 0 Å². The lowest BCUT2D eigenvalue weighted by Crippen LogP contribution is -2.37. The number of hydrogen-bond acceptors (Lipinski definition) is 8. The first-order valence-electron chi connectivity index (χ1n) is 8.11. The topological polar surface area (TPSA) is 91.4 Å². The molecule has 1 aliphatic heterocycles. The highest BCUT2D eigenvalue weighted by Crippen LogP contribution is 2.47. The highest BCUT2D eigenvalue weighted by atomic mass is 16.5. The minimum absolute atomic E-state index is 0.0532. The molecule has 3 heterocycles. The Labute approximate surface area is 147 Å². The molecular weight excluding hydrogens is 342 g/mol. The van der Waals surface area contributed by atoms with Gasteiger partial charge in [-0.2, -0.15) is 0 Å². The van der Waals surface area contributed by atoms with Crippen molar-refractivity contribution in [1.29, 1.82) is 0 Å². The van der Waals surface area contributed by atoms with Crippen molar-refractivity contribution < 1.29 is 27.8 Å². The van der Waals surface area contributed by atoms with Gasteiger partial charge < -0.3 is 27.9 Å². The number of nitrogens with zero attached hydrogens (tertiary/aromatic N) is 1. The summed E-state index contributed by atoms with van der Waals surface area (Å²) in [5, 5.41) is 1.17. The molecule has 0 radical (unpaired) electrons. The maximum atomic E-state index is 12.5. The molecule has 1 aromatic carbocycles. The third kappa shape index (κ3) is 2.26. The van der Waals surface area contributed by atoms with Gasteiger partial charge in [-0.3, -0.25) is 4.79 Å². The monoisotopic (exact) mass is 359 g/mol. The summed E-state index contributed by atoms with van der Waals surface area (Å²) in [5.74, 6) is 0.739. The fraction of sp³-hybridized carbons (Fsp3) is 0.333. The summed E-state index contributed by atoms with van der Waals surface area (Å²) < 4.78 is 27.4. The maximum absolute atomic E-state index is 12.5. The van der Waals surface area contributed by atoms with Gasteiger partial charge in [0.1, 0.15) is 11.3 Å². The second-order valence-corrected chi connectivity index (χ2v) is 5.80. The predicted octanol–water partition coefficient (Wildman–Crippen LogP) is 2.21. The van der Waals surface area contributed by atoms with Crippen LogP contribution in [0.25, 0.3) is 21.9 Å². The third-order valence-corrected chi connectivity index (χ3v) is 4.54. The molecule has 2 aromatic heterocycles. The van der Waals surface area contributed by atoms with E-state index in [0.29, 0.717) is 60.4 Å². The molecule has 0 aliphatic carbocycles. The van der Waals surface area contributed by atoms with E-state index in [1.54, 1.807) is 6.07 Å². The van der Waals surface area contributed by atoms with E-state index in [1.165, 1.54) is 20.5 Å². The molecule has 0 N–H and O–H groups in total. The average molecular weight is 359 g/mol. The number of rotatable bonds is 4. The van der Waals surface area contributed by atoms with E-state index < -0.39 is 5.63 Å². The number of furan rings is 1. The van der Waals surface area contributed by atoms with Crippen LogP contribution in [0.4, 0.5) is 5.69 Å². The molecule has 136 valence electrons. The number of carbonyl (C=O) groups is 1. The van der Waals surface area contributed by atoms with E-state index in [4.69, 9.17) is 23.0 Å². The van der Waals surface area contributed by atoms with E-state index in [9.17, 15) is 9.59 Å². The largest absolute Gasteiger partial charge is 0.495 e. The quantitative estimate of drug-likeness (QED) is 0.517. The Morgan fingerprint density at radius 1 is 1.12 bits per heavy atom. The first-order valence-corrected chi connectivity index (χ1v) is 8.11. The number of benzene rings is 1. The van der Waals surface area contributed by atoms with E-state index in [2.05, 4.69) is 0 Å². The second-order valence-electron chi connectivity index (χ2n) is 5.80. The Bertz CT molecular complexity index is 1040. The van der Waals surface area contributed by atoms with Crippen LogP contribution in [-0.4, -0.2) is 46.8 Å². The SMILES string of the molecule is COc1c2occc2c(OC)c2c(N3CCOCC3)c(C=O)c(=O)oc12. The van der Waals surface area contributed by atoms with Crippen molar-refractivity contribution >= 4 is 33.9 Å². The maximum Gasteiger partial charge on any atom is 0.349 e. The van der Waals surface area contributed by atoms with Gasteiger partial charge in [0.05, 0.1) is 50.2 Å². The van der Waals surface area contributed by atoms with E-state index in [0.717, 1.165) is 0 Å². The molecule has 26 heavy (non-hydrogen) atoms. The molecule has 0 amide bonds. The fourth-order valence-electron chi connectivity index (χ4n) is 3.43. The van der Waals surface area contributed by atoms with Crippen LogP contribution in [0.1, 0.15) is 10.4 Å². The zero-order valence-corrected chi connectivity index (χ0v) is 14.4. The number of fused-ring (bicyclic) bond motifs is 2. The summed E-state index contributed by atoms with van der Waals surface area (Å²) in [5.41, 5.74) is 0.270. The molecule has 8 heteroatoms. The Morgan fingerprint density at radius 2 is 1.85 bits per heavy atom. The molecule has 0 spiro atoms. The Balaban J connectivity index is 2.22. The molecule has 0 atom stereocenters. The highest BCUT2D eigenvalue weighted by molar-refractivity contribution is 6.13. The molecule has 4 rings (SSSR count). The van der Waals surface area contributed by atoms with Gasteiger partial charge in [0.15, 0.2) is 17.5 Å². The van der Waals surface area contributed by atoms with Crippen molar-refractivity contribution in [1.82, 2.24) is 0 Å². The van der Waals surface area contributed by atoms with Crippen LogP contribution in [0.2, 0.25) is 0 Å². The van der Waals surface area contributed by atoms with Crippen LogP contribution in [-0.2, 0) is 4.74 Å². The van der Waals surface area contributed by atoms with Gasteiger partial charge in [0.25, 0.3) is 0 Å². The van der Waals surface area contributed by atoms with E-state index in [1.807, 2.05) is 4.90 Å². The summed E-state index contributed by atoms with van der Waals surface area (Å²) in [6.07, 6.45) is 2.02. The molecular formula is C18H17NO7. The van der Waals surface area contributed by atoms with Gasteiger partial charge in [-0.15, -0.1) is 0 Å². The normalized spacial score (nSPS) is 14.8. The lowest BCUT2D eigenvalue weighted by Gasteiger charge is -2.30. The number of carbonyl (C=O) groups excluding carboxylic acids is 1. The molecule has 1 aliphatic rings. The second kappa shape index (κ2) is 6.38. The number of aldehydes is 1. The lowest BCUT2D eigenvalue weighted by atomic mass is 10.0. The van der Waals surface area contributed by atoms with Crippen molar-refractivity contribution in [3.05, 3.63) is 28.3 Å². The van der Waals surface area contributed by atoms with Gasteiger partial charge in [-0.05, 0) is 6.07 Å². The minimum atomic E-state index is -0.736. The smallest absolute Gasteiger partial charge is 0.349 e. The van der Waals surface area contributed by atoms with Crippen LogP contribution in [0.3, 0.4) is 0 Å². The zero-order valence-electron chi connectivity index (χ0n) is 14.4. The summed E-state index contributed by atoms with van der Waals surface area (Å²) in [7, 11) is 2.98. The molecule has 0 unspecified atom stereocenters. The summed E-state index contributed by atoms with van der Waals surface area (Å²) >= 11 is 0. The summed E-state index contributed by atoms with van der Waals surface area (Å²) in [6, 6.07) is 1.74. The number of anilines is 1. The number of morpholine rings is 1. The Kier molecular flexibility index (Phi) is 4.04. The number of hydrogen-bond donors (Lipinski definition) is 0. The predicted molar refractivity (Wildman–Crippen MR) is 93.8 cm³/mol. The molecule has 3 aromatic rings. The zero-order chi connectivity index (χ0) is 18.3. The van der Waals surface area contributed by atoms with Crippen molar-refractivity contribution in [2.75, 3.05) is 45.4 Å². The minimum Gasteiger partial charge on any atom is -0.495 e. The van der Waals surface area contributed by atoms with Crippen LogP contribution < -0.4 is 20.0 Å². The van der Waals surface area contributed by atoms with Gasteiger partial charge in [-0.25, -0.2) is 4.79 Å². The van der Waals surface area contributed by atoms with Crippen LogP contribution >= 0.6 is 0 Å². The average Bonchev–Trinajstić information content (AvgIpc) is 3.15. The lowest BCUT2D eigenvalue weighted by molar-refractivity contribution is 0.111. The van der Waals surface area contributed by atoms with Crippen molar-refractivity contribution in [2.24, 2.45) is 0 Å². The first-order chi connectivity index (χ1) is 12.7. The van der Waals surface area contributed by atoms with Crippen molar-refractivity contribution in [2.45, 2.75) is 0 Å². The van der Waals surface area contributed by atoms with E-state index in [-0.39, 0.29) is 16.9 Å². The van der Waals surface area contributed by atoms with Gasteiger partial charge in [0, 0.05) is 13.1 Å². The number of methoxy groups -OCH3 is 2. The van der Waals surface area contributed by atoms with Crippen molar-refractivity contribution in [3.8, 4) is 11.5 Å². The van der Waals surface area contributed by atoms with Gasteiger partial charge >= 0.3 is 5.63 Å². The molecule has 8 nitrogen and oxygen atoms in total. The Morgan fingerprint density at radius 3 is 2.50 bits per heavy atom. The van der Waals surface area contributed by atoms with Gasteiger partial charge in [-0.1, -0.05) is 0 Å². The van der Waals surface area contributed by atoms with Crippen LogP contribution in [0.5, 0.6) is 11.5 Å². The first kappa shape index (κ1) is 16.5. The third-order valence-electron chi connectivity index (χ3n) is 4.54. The molecule has 1 fully saturated rings. The molecule has 0 bridgehead atoms. The summed E-state index contributed by atoms with van der Waals surface area (Å²) in [4.78, 5) is 26.1. The summed E-state index contributed by atoms with van der Waals surface area (Å²) in [6.45, 7) is 2.06.